The molecule has 0 radical (unpaired) electrons. The molecule has 9 heteroatoms. The van der Waals surface area contributed by atoms with E-state index >= 15 is 0 Å². The summed E-state index contributed by atoms with van der Waals surface area (Å²) in [5.41, 5.74) is 0.294. The minimum atomic E-state index is -3.76. The summed E-state index contributed by atoms with van der Waals surface area (Å²) in [4.78, 5) is 22.0. The Morgan fingerprint density at radius 3 is 2.76 bits per heavy atom. The van der Waals surface area contributed by atoms with Crippen LogP contribution in [0.15, 0.2) is 23.1 Å². The largest absolute Gasteiger partial charge is 0.482 e. The number of carbonyl (C=O) groups excluding carboxylic acids is 1. The van der Waals surface area contributed by atoms with Gasteiger partial charge in [-0.15, -0.1) is 0 Å². The molecular weight excluding hydrogens is 300 g/mol. The fraction of sp³-hybridized carbons (Fsp3) is 0.333. The zero-order valence-corrected chi connectivity index (χ0v) is 11.6. The van der Waals surface area contributed by atoms with Gasteiger partial charge in [-0.3, -0.25) is 9.59 Å². The van der Waals surface area contributed by atoms with Crippen LogP contribution in [0.2, 0.25) is 0 Å². The SMILES string of the molecule is O=C1COc2ccc(S(=O)(=O)N3CC(C(=O)O)C3)cc2N1. The summed E-state index contributed by atoms with van der Waals surface area (Å²) in [6.07, 6.45) is 0. The highest BCUT2D eigenvalue weighted by atomic mass is 32.2. The number of fused-ring (bicyclic) bond motifs is 1. The average Bonchev–Trinajstić information content (AvgIpc) is 2.35. The van der Waals surface area contributed by atoms with E-state index in [1.165, 1.54) is 18.2 Å². The third-order valence-corrected chi connectivity index (χ3v) is 5.25. The van der Waals surface area contributed by atoms with Crippen LogP contribution in [0.25, 0.3) is 0 Å². The van der Waals surface area contributed by atoms with E-state index in [9.17, 15) is 18.0 Å². The van der Waals surface area contributed by atoms with E-state index in [1.54, 1.807) is 0 Å². The molecule has 1 fully saturated rings. The molecule has 8 nitrogen and oxygen atoms in total. The van der Waals surface area contributed by atoms with Gasteiger partial charge in [-0.05, 0) is 18.2 Å². The predicted molar refractivity (Wildman–Crippen MR) is 70.5 cm³/mol. The third kappa shape index (κ3) is 2.34. The molecule has 1 saturated heterocycles. The minimum Gasteiger partial charge on any atom is -0.482 e. The number of carbonyl (C=O) groups is 2. The molecule has 1 amide bonds. The summed E-state index contributed by atoms with van der Waals surface area (Å²) in [6, 6.07) is 4.16. The Morgan fingerprint density at radius 2 is 2.10 bits per heavy atom. The molecule has 0 aliphatic carbocycles. The van der Waals surface area contributed by atoms with Crippen molar-refractivity contribution in [2.45, 2.75) is 4.90 Å². The predicted octanol–water partition coefficient (Wildman–Crippen LogP) is -0.277. The standard InChI is InChI=1S/C12H12N2O6S/c15-11-6-20-10-2-1-8(3-9(10)13-11)21(18,19)14-4-7(5-14)12(16)17/h1-3,7H,4-6H2,(H,13,15)(H,16,17). The lowest BCUT2D eigenvalue weighted by molar-refractivity contribution is -0.145. The zero-order chi connectivity index (χ0) is 15.2. The maximum Gasteiger partial charge on any atom is 0.309 e. The van der Waals surface area contributed by atoms with Crippen molar-refractivity contribution >= 4 is 27.6 Å². The maximum atomic E-state index is 12.3. The van der Waals surface area contributed by atoms with Crippen LogP contribution in [0.1, 0.15) is 0 Å². The Morgan fingerprint density at radius 1 is 1.38 bits per heavy atom. The number of nitrogens with zero attached hydrogens (tertiary/aromatic N) is 1. The summed E-state index contributed by atoms with van der Waals surface area (Å²) in [5, 5.41) is 11.3. The van der Waals surface area contributed by atoms with Crippen molar-refractivity contribution < 1.29 is 27.9 Å². The van der Waals surface area contributed by atoms with Gasteiger partial charge in [0, 0.05) is 13.1 Å². The van der Waals surface area contributed by atoms with Gasteiger partial charge in [0.25, 0.3) is 5.91 Å². The van der Waals surface area contributed by atoms with Gasteiger partial charge in [0.05, 0.1) is 16.5 Å². The maximum absolute atomic E-state index is 12.3. The molecule has 0 aromatic heterocycles. The molecule has 0 unspecified atom stereocenters. The van der Waals surface area contributed by atoms with Gasteiger partial charge in [-0.2, -0.15) is 4.31 Å². The van der Waals surface area contributed by atoms with Crippen LogP contribution in [-0.2, 0) is 19.6 Å². The fourth-order valence-corrected chi connectivity index (χ4v) is 3.72. The van der Waals surface area contributed by atoms with E-state index in [1.807, 2.05) is 0 Å². The van der Waals surface area contributed by atoms with Crippen molar-refractivity contribution in [2.24, 2.45) is 5.92 Å². The molecule has 0 bridgehead atoms. The van der Waals surface area contributed by atoms with E-state index < -0.39 is 21.9 Å². The smallest absolute Gasteiger partial charge is 0.309 e. The molecule has 3 rings (SSSR count). The second-order valence-electron chi connectivity index (χ2n) is 4.85. The van der Waals surface area contributed by atoms with Crippen LogP contribution in [0.3, 0.4) is 0 Å². The first-order chi connectivity index (χ1) is 9.88. The Hall–Kier alpha value is -2.13. The summed E-state index contributed by atoms with van der Waals surface area (Å²) < 4.78 is 30.9. The number of ether oxygens (including phenoxy) is 1. The Kier molecular flexibility index (Phi) is 3.10. The van der Waals surface area contributed by atoms with Crippen molar-refractivity contribution in [3.05, 3.63) is 18.2 Å². The molecule has 0 spiro atoms. The Labute approximate surface area is 120 Å². The Bertz CT molecular complexity index is 723. The lowest BCUT2D eigenvalue weighted by Crippen LogP contribution is -2.52. The van der Waals surface area contributed by atoms with Crippen molar-refractivity contribution in [1.82, 2.24) is 4.31 Å². The first kappa shape index (κ1) is 13.8. The quantitative estimate of drug-likeness (QED) is 0.794. The lowest BCUT2D eigenvalue weighted by Gasteiger charge is -2.35. The minimum absolute atomic E-state index is 0.00381. The highest BCUT2D eigenvalue weighted by Gasteiger charge is 2.40. The zero-order valence-electron chi connectivity index (χ0n) is 10.8. The number of benzene rings is 1. The van der Waals surface area contributed by atoms with E-state index in [4.69, 9.17) is 9.84 Å². The van der Waals surface area contributed by atoms with Crippen molar-refractivity contribution in [3.8, 4) is 5.75 Å². The van der Waals surface area contributed by atoms with Crippen molar-refractivity contribution in [1.29, 1.82) is 0 Å². The molecule has 2 heterocycles. The van der Waals surface area contributed by atoms with Crippen LogP contribution < -0.4 is 10.1 Å². The molecule has 112 valence electrons. The number of hydrogen-bond acceptors (Lipinski definition) is 5. The van der Waals surface area contributed by atoms with Crippen LogP contribution in [0, 0.1) is 5.92 Å². The molecule has 0 saturated carbocycles. The summed E-state index contributed by atoms with van der Waals surface area (Å²) in [6.45, 7) is -0.194. The monoisotopic (exact) mass is 312 g/mol. The second-order valence-corrected chi connectivity index (χ2v) is 6.79. The average molecular weight is 312 g/mol. The molecule has 1 aromatic carbocycles. The van der Waals surface area contributed by atoms with E-state index in [0.717, 1.165) is 4.31 Å². The molecule has 2 aliphatic heterocycles. The van der Waals surface area contributed by atoms with E-state index in [-0.39, 0.29) is 30.5 Å². The normalized spacial score (nSPS) is 19.1. The topological polar surface area (TPSA) is 113 Å². The molecule has 2 N–H and O–H groups in total. The van der Waals surface area contributed by atoms with Crippen LogP contribution in [0.5, 0.6) is 5.75 Å². The van der Waals surface area contributed by atoms with Gasteiger partial charge in [-0.1, -0.05) is 0 Å². The second kappa shape index (κ2) is 4.71. The van der Waals surface area contributed by atoms with Gasteiger partial charge >= 0.3 is 5.97 Å². The summed E-state index contributed by atoms with van der Waals surface area (Å²) >= 11 is 0. The number of sulfonamides is 1. The highest BCUT2D eigenvalue weighted by Crippen LogP contribution is 2.32. The number of nitrogens with one attached hydrogen (secondary N) is 1. The van der Waals surface area contributed by atoms with Crippen LogP contribution in [-0.4, -0.2) is 49.4 Å². The number of hydrogen-bond donors (Lipinski definition) is 2. The number of rotatable bonds is 3. The van der Waals surface area contributed by atoms with Crippen molar-refractivity contribution in [2.75, 3.05) is 25.0 Å². The number of amides is 1. The number of carboxylic acids is 1. The molecule has 0 atom stereocenters. The van der Waals surface area contributed by atoms with Gasteiger partial charge in [0.2, 0.25) is 10.0 Å². The van der Waals surface area contributed by atoms with E-state index in [2.05, 4.69) is 5.32 Å². The Balaban J connectivity index is 1.85. The summed E-state index contributed by atoms with van der Waals surface area (Å²) in [7, 11) is -3.76. The molecule has 2 aliphatic rings. The van der Waals surface area contributed by atoms with Gasteiger partial charge in [0.1, 0.15) is 5.75 Å². The molecule has 21 heavy (non-hydrogen) atoms. The number of aliphatic carboxylic acids is 1. The molecule has 1 aromatic rings. The number of carboxylic acid groups (broad SMARTS) is 1. The van der Waals surface area contributed by atoms with E-state index in [0.29, 0.717) is 11.4 Å². The lowest BCUT2D eigenvalue weighted by atomic mass is 10.0. The third-order valence-electron chi connectivity index (χ3n) is 3.42. The van der Waals surface area contributed by atoms with Crippen molar-refractivity contribution in [3.63, 3.8) is 0 Å². The van der Waals surface area contributed by atoms with Crippen LogP contribution >= 0.6 is 0 Å². The number of anilines is 1. The fourth-order valence-electron chi connectivity index (χ4n) is 2.16. The van der Waals surface area contributed by atoms with Gasteiger partial charge in [-0.25, -0.2) is 8.42 Å². The van der Waals surface area contributed by atoms with Gasteiger partial charge in [0.15, 0.2) is 6.61 Å². The first-order valence-corrected chi connectivity index (χ1v) is 7.61. The summed E-state index contributed by atoms with van der Waals surface area (Å²) in [5.74, 6) is -1.62. The molecular formula is C12H12N2O6S. The van der Waals surface area contributed by atoms with Crippen LogP contribution in [0.4, 0.5) is 5.69 Å². The highest BCUT2D eigenvalue weighted by molar-refractivity contribution is 7.89. The first-order valence-electron chi connectivity index (χ1n) is 6.17. The van der Waals surface area contributed by atoms with Gasteiger partial charge < -0.3 is 15.2 Å².